The van der Waals surface area contributed by atoms with Gasteiger partial charge in [0.25, 0.3) is 0 Å². The summed E-state index contributed by atoms with van der Waals surface area (Å²) in [5, 5.41) is 10.5. The highest BCUT2D eigenvalue weighted by molar-refractivity contribution is 7.84. The molecular formula is C23H21ClF8N3O2S+. The highest BCUT2D eigenvalue weighted by Gasteiger charge is 2.73. The van der Waals surface area contributed by atoms with Gasteiger partial charge in [-0.1, -0.05) is 24.6 Å². The lowest BCUT2D eigenvalue weighted by molar-refractivity contribution is -0.497. The van der Waals surface area contributed by atoms with Gasteiger partial charge in [0, 0.05) is 36.6 Å². The standard InChI is InChI=1S/C23H20ClF8N3O2S/c1-3-19(36)34-10-13-6-12(4-5-17(13)25)14(9-33)11-35-20-16(24)7-15(8-18(20)38(2)37)21(26,22(27,28)29)23(30,31)32/h4-9,11,33,35H,3,10H2,1-2H3,(H,34,36)/p+1/b14-11+,33-9?. The van der Waals surface area contributed by atoms with E-state index < -0.39 is 50.1 Å². The second kappa shape index (κ2) is 11.9. The maximum Gasteiger partial charge on any atom is 0.435 e. The van der Waals surface area contributed by atoms with E-state index in [0.717, 1.165) is 23.9 Å². The minimum Gasteiger partial charge on any atom is -0.352 e. The van der Waals surface area contributed by atoms with E-state index in [1.54, 1.807) is 6.92 Å². The number of amides is 1. The number of nitrogens with one attached hydrogen (secondary N) is 2. The van der Waals surface area contributed by atoms with Crippen molar-refractivity contribution in [2.24, 2.45) is 0 Å². The average molecular weight is 591 g/mol. The van der Waals surface area contributed by atoms with Crippen molar-refractivity contribution in [1.82, 2.24) is 5.32 Å². The molecule has 5 nitrogen and oxygen atoms in total. The molecule has 0 radical (unpaired) electrons. The molecule has 0 aromatic heterocycles. The Morgan fingerprint density at radius 2 is 1.71 bits per heavy atom. The zero-order valence-corrected chi connectivity index (χ0v) is 21.2. The van der Waals surface area contributed by atoms with Crippen LogP contribution in [0.4, 0.5) is 40.8 Å². The molecule has 2 rings (SSSR count). The summed E-state index contributed by atoms with van der Waals surface area (Å²) in [4.78, 5) is 10.9. The number of nitrogens with two attached hydrogens (primary N) is 1. The number of halogens is 9. The first kappa shape index (κ1) is 31.4. The van der Waals surface area contributed by atoms with Gasteiger partial charge in [0.15, 0.2) is 5.69 Å². The van der Waals surface area contributed by atoms with Crippen molar-refractivity contribution < 1.29 is 49.4 Å². The van der Waals surface area contributed by atoms with Gasteiger partial charge in [-0.05, 0) is 29.8 Å². The van der Waals surface area contributed by atoms with Crippen molar-refractivity contribution in [3.63, 3.8) is 0 Å². The van der Waals surface area contributed by atoms with Gasteiger partial charge >= 0.3 is 18.0 Å². The number of quaternary nitrogens is 1. The summed E-state index contributed by atoms with van der Waals surface area (Å²) in [5.41, 5.74) is -7.51. The summed E-state index contributed by atoms with van der Waals surface area (Å²) >= 11 is 5.94. The van der Waals surface area contributed by atoms with E-state index in [1.165, 1.54) is 18.3 Å². The zero-order valence-electron chi connectivity index (χ0n) is 19.7. The molecule has 0 bridgehead atoms. The number of carbonyl (C=O) groups is 1. The van der Waals surface area contributed by atoms with Gasteiger partial charge in [0.2, 0.25) is 5.91 Å². The molecule has 0 fully saturated rings. The number of rotatable bonds is 9. The fraction of sp³-hybridized carbons (Fsp3) is 0.304. The van der Waals surface area contributed by atoms with Gasteiger partial charge in [-0.2, -0.15) is 26.3 Å². The van der Waals surface area contributed by atoms with Crippen LogP contribution in [-0.2, 0) is 27.8 Å². The Morgan fingerprint density at radius 3 is 2.21 bits per heavy atom. The van der Waals surface area contributed by atoms with Crippen LogP contribution in [0.25, 0.3) is 5.57 Å². The van der Waals surface area contributed by atoms with Gasteiger partial charge in [-0.15, -0.1) is 0 Å². The normalized spacial score (nSPS) is 13.8. The first-order valence-corrected chi connectivity index (χ1v) is 12.5. The maximum absolute atomic E-state index is 14.6. The Balaban J connectivity index is 2.56. The minimum atomic E-state index is -6.39. The third-order valence-corrected chi connectivity index (χ3v) is 6.61. The Hall–Kier alpha value is -2.84. The molecule has 0 aliphatic rings. The third-order valence-electron chi connectivity index (χ3n) is 5.34. The van der Waals surface area contributed by atoms with Crippen LogP contribution in [-0.4, -0.2) is 34.9 Å². The SMILES string of the molecule is CCC(=O)NCc1cc(/C(C=N)=C/[NH2+]c2c(Cl)cc(C(F)(C(F)(F)F)C(F)(F)F)cc2S(C)=O)ccc1F. The quantitative estimate of drug-likeness (QED) is 0.207. The Kier molecular flexibility index (Phi) is 9.83. The van der Waals surface area contributed by atoms with E-state index in [0.29, 0.717) is 0 Å². The number of benzene rings is 2. The van der Waals surface area contributed by atoms with E-state index in [-0.39, 0.29) is 53.4 Å². The fourth-order valence-corrected chi connectivity index (χ4v) is 4.41. The molecule has 0 aliphatic heterocycles. The van der Waals surface area contributed by atoms with Crippen LogP contribution < -0.4 is 10.6 Å². The number of hydrogen-bond acceptors (Lipinski definition) is 3. The monoisotopic (exact) mass is 590 g/mol. The van der Waals surface area contributed by atoms with Crippen LogP contribution in [0.5, 0.6) is 0 Å². The molecule has 0 spiro atoms. The summed E-state index contributed by atoms with van der Waals surface area (Å²) < 4.78 is 120. The molecule has 0 saturated carbocycles. The molecule has 0 heterocycles. The van der Waals surface area contributed by atoms with Crippen molar-refractivity contribution >= 4 is 45.8 Å². The van der Waals surface area contributed by atoms with Crippen molar-refractivity contribution in [2.75, 3.05) is 6.26 Å². The molecule has 208 valence electrons. The second-order valence-electron chi connectivity index (χ2n) is 7.85. The van der Waals surface area contributed by atoms with Gasteiger partial charge in [0.05, 0.1) is 16.4 Å². The Bertz CT molecular complexity index is 1260. The third kappa shape index (κ3) is 6.59. The Labute approximate surface area is 219 Å². The molecule has 38 heavy (non-hydrogen) atoms. The zero-order chi connectivity index (χ0) is 29.1. The van der Waals surface area contributed by atoms with Gasteiger partial charge < -0.3 is 10.7 Å². The average Bonchev–Trinajstić information content (AvgIpc) is 2.82. The predicted molar refractivity (Wildman–Crippen MR) is 126 cm³/mol. The predicted octanol–water partition coefficient (Wildman–Crippen LogP) is 5.42. The van der Waals surface area contributed by atoms with Crippen molar-refractivity contribution in [1.29, 1.82) is 5.41 Å². The van der Waals surface area contributed by atoms with E-state index in [1.807, 2.05) is 0 Å². The maximum atomic E-state index is 14.6. The van der Waals surface area contributed by atoms with Crippen molar-refractivity contribution in [2.45, 2.75) is 42.8 Å². The second-order valence-corrected chi connectivity index (χ2v) is 9.60. The van der Waals surface area contributed by atoms with E-state index >= 15 is 0 Å². The highest BCUT2D eigenvalue weighted by Crippen LogP contribution is 2.54. The Morgan fingerprint density at radius 1 is 1.11 bits per heavy atom. The van der Waals surface area contributed by atoms with Gasteiger partial charge in [-0.25, -0.2) is 8.78 Å². The summed E-state index contributed by atoms with van der Waals surface area (Å²) in [6.45, 7) is 1.44. The first-order valence-electron chi connectivity index (χ1n) is 10.6. The number of carbonyl (C=O) groups excluding carboxylic acids is 1. The lowest BCUT2D eigenvalue weighted by Gasteiger charge is -2.30. The number of hydrogen-bond donors (Lipinski definition) is 3. The van der Waals surface area contributed by atoms with Crippen LogP contribution in [0.1, 0.15) is 30.0 Å². The number of alkyl halides is 7. The summed E-state index contributed by atoms with van der Waals surface area (Å²) in [5.74, 6) is -0.984. The van der Waals surface area contributed by atoms with Crippen LogP contribution in [0.3, 0.4) is 0 Å². The van der Waals surface area contributed by atoms with Crippen LogP contribution >= 0.6 is 11.6 Å². The summed E-state index contributed by atoms with van der Waals surface area (Å²) in [6, 6.07) is 4.01. The summed E-state index contributed by atoms with van der Waals surface area (Å²) in [7, 11) is -2.22. The molecule has 2 aromatic carbocycles. The smallest absolute Gasteiger partial charge is 0.352 e. The molecule has 0 saturated heterocycles. The lowest BCUT2D eigenvalue weighted by atomic mass is 9.94. The molecule has 1 amide bonds. The van der Waals surface area contributed by atoms with E-state index in [9.17, 15) is 44.1 Å². The van der Waals surface area contributed by atoms with Crippen molar-refractivity contribution in [3.8, 4) is 0 Å². The van der Waals surface area contributed by atoms with Crippen LogP contribution in [0, 0.1) is 11.2 Å². The fourth-order valence-electron chi connectivity index (χ4n) is 3.29. The first-order chi connectivity index (χ1) is 17.5. The number of allylic oxidation sites excluding steroid dienone is 1. The highest BCUT2D eigenvalue weighted by atomic mass is 35.5. The molecule has 15 heteroatoms. The minimum absolute atomic E-state index is 0.0772. The lowest BCUT2D eigenvalue weighted by Crippen LogP contribution is -2.72. The molecule has 1 unspecified atom stereocenters. The molecule has 2 aromatic rings. The summed E-state index contributed by atoms with van der Waals surface area (Å²) in [6.07, 6.45) is -9.66. The van der Waals surface area contributed by atoms with E-state index in [2.05, 4.69) is 5.32 Å². The molecule has 4 N–H and O–H groups in total. The van der Waals surface area contributed by atoms with Crippen LogP contribution in [0.2, 0.25) is 5.02 Å². The topological polar surface area (TPSA) is 86.6 Å². The van der Waals surface area contributed by atoms with Crippen molar-refractivity contribution in [3.05, 3.63) is 64.1 Å². The van der Waals surface area contributed by atoms with Gasteiger partial charge in [0.1, 0.15) is 21.9 Å². The largest absolute Gasteiger partial charge is 0.435 e. The molecular weight excluding hydrogens is 570 g/mol. The molecule has 1 atom stereocenters. The van der Waals surface area contributed by atoms with Crippen LogP contribution in [0.15, 0.2) is 41.4 Å². The molecule has 0 aliphatic carbocycles. The van der Waals surface area contributed by atoms with Gasteiger partial charge in [-0.3, -0.25) is 14.3 Å². The van der Waals surface area contributed by atoms with E-state index in [4.69, 9.17) is 17.0 Å².